The molecular weight excluding hydrogens is 324 g/mol. The fourth-order valence-corrected chi connectivity index (χ4v) is 2.51. The van der Waals surface area contributed by atoms with Gasteiger partial charge in [0.05, 0.1) is 5.69 Å². The molecule has 0 radical (unpaired) electrons. The van der Waals surface area contributed by atoms with Crippen LogP contribution in [0, 0.1) is 11.8 Å². The predicted octanol–water partition coefficient (Wildman–Crippen LogP) is 3.35. The number of rotatable bonds is 4. The van der Waals surface area contributed by atoms with Crippen LogP contribution in [0.1, 0.15) is 45.9 Å². The van der Waals surface area contributed by atoms with Gasteiger partial charge in [-0.05, 0) is 55.8 Å². The number of hydrogen-bond acceptors (Lipinski definition) is 3. The third-order valence-corrected chi connectivity index (χ3v) is 4.43. The van der Waals surface area contributed by atoms with Crippen molar-refractivity contribution in [1.82, 2.24) is 9.71 Å². The van der Waals surface area contributed by atoms with Crippen molar-refractivity contribution in [3.05, 3.63) is 28.5 Å². The van der Waals surface area contributed by atoms with E-state index in [0.717, 1.165) is 10.3 Å². The first kappa shape index (κ1) is 16.5. The van der Waals surface area contributed by atoms with E-state index in [1.165, 1.54) is 0 Å². The molecule has 0 unspecified atom stereocenters. The van der Waals surface area contributed by atoms with Crippen molar-refractivity contribution in [3.8, 4) is 11.8 Å². The van der Waals surface area contributed by atoms with Crippen molar-refractivity contribution in [2.24, 2.45) is 0 Å². The van der Waals surface area contributed by atoms with E-state index in [-0.39, 0.29) is 10.8 Å². The van der Waals surface area contributed by atoms with Crippen molar-refractivity contribution < 1.29 is 4.55 Å². The first-order chi connectivity index (χ1) is 8.84. The van der Waals surface area contributed by atoms with Crippen molar-refractivity contribution in [2.75, 3.05) is 0 Å². The Hall–Kier alpha value is -0.540. The molecule has 0 saturated heterocycles. The lowest BCUT2D eigenvalue weighted by molar-refractivity contribution is 0.522. The molecule has 19 heavy (non-hydrogen) atoms. The molecule has 2 atom stereocenters. The Balaban J connectivity index is 2.91. The fourth-order valence-electron chi connectivity index (χ4n) is 1.33. The Morgan fingerprint density at radius 1 is 1.47 bits per heavy atom. The second-order valence-corrected chi connectivity index (χ2v) is 7.88. The SMILES string of the molecule is CC#CC[C@H](N[S@@+]([O-])C(C)(C)C)c1cccc(Br)n1. The molecule has 1 heterocycles. The molecule has 0 saturated carbocycles. The topological polar surface area (TPSA) is 48.0 Å². The molecule has 0 bridgehead atoms. The van der Waals surface area contributed by atoms with Gasteiger partial charge in [0.25, 0.3) is 0 Å². The van der Waals surface area contributed by atoms with E-state index in [0.29, 0.717) is 6.42 Å². The van der Waals surface area contributed by atoms with Gasteiger partial charge in [-0.1, -0.05) is 6.07 Å². The summed E-state index contributed by atoms with van der Waals surface area (Å²) in [4.78, 5) is 4.41. The highest BCUT2D eigenvalue weighted by atomic mass is 79.9. The monoisotopic (exact) mass is 342 g/mol. The average Bonchev–Trinajstić information content (AvgIpc) is 2.33. The van der Waals surface area contributed by atoms with Crippen LogP contribution in [0.4, 0.5) is 0 Å². The van der Waals surface area contributed by atoms with Crippen LogP contribution < -0.4 is 4.72 Å². The summed E-state index contributed by atoms with van der Waals surface area (Å²) >= 11 is 2.20. The van der Waals surface area contributed by atoms with Gasteiger partial charge in [0.2, 0.25) is 0 Å². The molecule has 104 valence electrons. The summed E-state index contributed by atoms with van der Waals surface area (Å²) in [6, 6.07) is 5.57. The maximum Gasteiger partial charge on any atom is 0.136 e. The number of nitrogens with one attached hydrogen (secondary N) is 1. The summed E-state index contributed by atoms with van der Waals surface area (Å²) in [6.45, 7) is 7.61. The molecule has 0 aliphatic carbocycles. The number of pyridine rings is 1. The van der Waals surface area contributed by atoms with Crippen LogP contribution >= 0.6 is 15.9 Å². The van der Waals surface area contributed by atoms with Crippen molar-refractivity contribution >= 4 is 27.3 Å². The highest BCUT2D eigenvalue weighted by molar-refractivity contribution is 9.10. The smallest absolute Gasteiger partial charge is 0.136 e. The summed E-state index contributed by atoms with van der Waals surface area (Å²) in [5, 5.41) is 0. The number of nitrogens with zero attached hydrogens (tertiary/aromatic N) is 1. The van der Waals surface area contributed by atoms with E-state index < -0.39 is 11.4 Å². The van der Waals surface area contributed by atoms with Gasteiger partial charge in [0, 0.05) is 17.8 Å². The molecule has 0 fully saturated rings. The molecule has 0 aliphatic rings. The molecule has 3 nitrogen and oxygen atoms in total. The Bertz CT molecular complexity index is 476. The summed E-state index contributed by atoms with van der Waals surface area (Å²) in [7, 11) is 0. The van der Waals surface area contributed by atoms with E-state index in [1.807, 2.05) is 39.0 Å². The Labute approximate surface area is 127 Å². The molecule has 1 aromatic heterocycles. The Morgan fingerprint density at radius 3 is 2.68 bits per heavy atom. The minimum absolute atomic E-state index is 0.134. The molecular formula is C14H19BrN2OS. The largest absolute Gasteiger partial charge is 0.598 e. The molecule has 1 rings (SSSR count). The van der Waals surface area contributed by atoms with E-state index in [2.05, 4.69) is 37.5 Å². The minimum atomic E-state index is -1.15. The summed E-state index contributed by atoms with van der Waals surface area (Å²) in [5.74, 6) is 5.89. The van der Waals surface area contributed by atoms with Crippen molar-refractivity contribution in [3.63, 3.8) is 0 Å². The van der Waals surface area contributed by atoms with Gasteiger partial charge in [-0.3, -0.25) is 0 Å². The normalized spacial score (nSPS) is 14.4. The zero-order valence-electron chi connectivity index (χ0n) is 11.7. The van der Waals surface area contributed by atoms with Crippen LogP contribution in [0.15, 0.2) is 22.8 Å². The summed E-state index contributed by atoms with van der Waals surface area (Å²) < 4.78 is 15.8. The van der Waals surface area contributed by atoms with Gasteiger partial charge < -0.3 is 4.55 Å². The average molecular weight is 343 g/mol. The van der Waals surface area contributed by atoms with Gasteiger partial charge in [-0.15, -0.1) is 16.6 Å². The number of halogens is 1. The molecule has 0 amide bonds. The predicted molar refractivity (Wildman–Crippen MR) is 83.8 cm³/mol. The second-order valence-electron chi connectivity index (χ2n) is 5.07. The first-order valence-electron chi connectivity index (χ1n) is 6.04. The van der Waals surface area contributed by atoms with Crippen LogP contribution in [-0.4, -0.2) is 14.3 Å². The van der Waals surface area contributed by atoms with Crippen LogP contribution in [0.25, 0.3) is 0 Å². The third-order valence-electron chi connectivity index (χ3n) is 2.38. The number of aromatic nitrogens is 1. The van der Waals surface area contributed by atoms with Crippen LogP contribution in [-0.2, 0) is 11.4 Å². The van der Waals surface area contributed by atoms with Crippen LogP contribution in [0.3, 0.4) is 0 Å². The Morgan fingerprint density at radius 2 is 2.16 bits per heavy atom. The van der Waals surface area contributed by atoms with Crippen molar-refractivity contribution in [2.45, 2.75) is 44.9 Å². The van der Waals surface area contributed by atoms with E-state index in [1.54, 1.807) is 6.92 Å². The second kappa shape index (κ2) is 7.30. The lowest BCUT2D eigenvalue weighted by Gasteiger charge is -2.27. The fraction of sp³-hybridized carbons (Fsp3) is 0.500. The van der Waals surface area contributed by atoms with Gasteiger partial charge in [0.15, 0.2) is 0 Å². The van der Waals surface area contributed by atoms with E-state index >= 15 is 0 Å². The highest BCUT2D eigenvalue weighted by Crippen LogP contribution is 2.22. The van der Waals surface area contributed by atoms with E-state index in [4.69, 9.17) is 0 Å². The minimum Gasteiger partial charge on any atom is -0.598 e. The third kappa shape index (κ3) is 5.53. The molecule has 0 aliphatic heterocycles. The van der Waals surface area contributed by atoms with Gasteiger partial charge in [-0.2, -0.15) is 0 Å². The zero-order chi connectivity index (χ0) is 14.5. The molecule has 1 N–H and O–H groups in total. The first-order valence-corrected chi connectivity index (χ1v) is 7.99. The maximum atomic E-state index is 12.2. The number of hydrogen-bond donors (Lipinski definition) is 1. The zero-order valence-corrected chi connectivity index (χ0v) is 14.1. The van der Waals surface area contributed by atoms with Gasteiger partial charge >= 0.3 is 0 Å². The van der Waals surface area contributed by atoms with E-state index in [9.17, 15) is 4.55 Å². The summed E-state index contributed by atoms with van der Waals surface area (Å²) in [5.41, 5.74) is 0.842. The summed E-state index contributed by atoms with van der Waals surface area (Å²) in [6.07, 6.45) is 0.585. The molecule has 0 aromatic carbocycles. The van der Waals surface area contributed by atoms with Crippen LogP contribution in [0.2, 0.25) is 0 Å². The highest BCUT2D eigenvalue weighted by Gasteiger charge is 2.30. The lowest BCUT2D eigenvalue weighted by atomic mass is 10.1. The molecule has 5 heteroatoms. The standard InChI is InChI=1S/C14H19BrN2OS/c1-5-6-8-12(17-19(18)14(2,3)4)11-9-7-10-13(15)16-11/h7,9-10,12,17H,8H2,1-4H3/t12-,19-/m0/s1. The van der Waals surface area contributed by atoms with Gasteiger partial charge in [0.1, 0.15) is 15.4 Å². The van der Waals surface area contributed by atoms with Gasteiger partial charge in [-0.25, -0.2) is 4.98 Å². The molecule has 1 aromatic rings. The molecule has 0 spiro atoms. The Kier molecular flexibility index (Phi) is 6.34. The van der Waals surface area contributed by atoms with Crippen molar-refractivity contribution in [1.29, 1.82) is 0 Å². The quantitative estimate of drug-likeness (QED) is 0.518. The van der Waals surface area contributed by atoms with Crippen LogP contribution in [0.5, 0.6) is 0 Å². The lowest BCUT2D eigenvalue weighted by Crippen LogP contribution is -2.41. The maximum absolute atomic E-state index is 12.2.